The third-order valence-electron chi connectivity index (χ3n) is 5.81. The van der Waals surface area contributed by atoms with Crippen LogP contribution in [0.25, 0.3) is 10.9 Å². The maximum absolute atomic E-state index is 13.1. The fourth-order valence-corrected chi connectivity index (χ4v) is 4.16. The molecule has 1 aliphatic heterocycles. The van der Waals surface area contributed by atoms with Gasteiger partial charge < -0.3 is 9.47 Å². The number of fused-ring (bicyclic) bond motifs is 1. The Hall–Kier alpha value is -2.69. The molecule has 3 heterocycles. The highest BCUT2D eigenvalue weighted by molar-refractivity contribution is 5.97. The third-order valence-corrected chi connectivity index (χ3v) is 5.81. The number of piperidine rings is 1. The van der Waals surface area contributed by atoms with Gasteiger partial charge in [-0.3, -0.25) is 9.78 Å². The van der Waals surface area contributed by atoms with Crippen molar-refractivity contribution in [1.82, 2.24) is 19.4 Å². The van der Waals surface area contributed by atoms with Crippen LogP contribution >= 0.6 is 0 Å². The van der Waals surface area contributed by atoms with Crippen LogP contribution < -0.4 is 0 Å². The van der Waals surface area contributed by atoms with Gasteiger partial charge in [-0.1, -0.05) is 18.2 Å². The first kappa shape index (κ1) is 16.5. The van der Waals surface area contributed by atoms with Gasteiger partial charge in [0.1, 0.15) is 5.82 Å². The molecule has 1 saturated carbocycles. The zero-order chi connectivity index (χ0) is 18.2. The minimum Gasteiger partial charge on any atom is -0.338 e. The number of carbonyl (C=O) groups excluding carboxylic acids is 1. The molecule has 2 aromatic heterocycles. The second kappa shape index (κ2) is 6.80. The standard InChI is InChI=1S/C22H24N4O/c27-22(19-12-17-4-1-2-6-20(17)24-13-19)26-10-3-5-18(15-26)21-23-9-11-25(21)14-16-7-8-16/h1-2,4,6,9,11-13,16,18H,3,5,7-8,10,14-15H2/t18-/m0/s1. The van der Waals surface area contributed by atoms with E-state index in [1.165, 1.54) is 12.8 Å². The number of benzene rings is 1. The Kier molecular flexibility index (Phi) is 4.15. The van der Waals surface area contributed by atoms with Crippen molar-refractivity contribution in [3.05, 3.63) is 60.3 Å². The summed E-state index contributed by atoms with van der Waals surface area (Å²) in [6, 6.07) is 9.89. The summed E-state index contributed by atoms with van der Waals surface area (Å²) < 4.78 is 2.31. The Morgan fingerprint density at radius 1 is 1.15 bits per heavy atom. The summed E-state index contributed by atoms with van der Waals surface area (Å²) in [7, 11) is 0. The van der Waals surface area contributed by atoms with E-state index in [9.17, 15) is 4.79 Å². The number of nitrogens with zero attached hydrogens (tertiary/aromatic N) is 4. The Labute approximate surface area is 159 Å². The first-order chi connectivity index (χ1) is 13.3. The summed E-state index contributed by atoms with van der Waals surface area (Å²) in [6.07, 6.45) is 10.5. The summed E-state index contributed by atoms with van der Waals surface area (Å²) in [4.78, 5) is 24.2. The molecule has 0 bridgehead atoms. The highest BCUT2D eigenvalue weighted by Gasteiger charge is 2.30. The number of carbonyl (C=O) groups is 1. The van der Waals surface area contributed by atoms with E-state index in [2.05, 4.69) is 20.7 Å². The molecule has 0 spiro atoms. The van der Waals surface area contributed by atoms with Gasteiger partial charge in [0.25, 0.3) is 5.91 Å². The van der Waals surface area contributed by atoms with Crippen molar-refractivity contribution >= 4 is 16.8 Å². The number of rotatable bonds is 4. The van der Waals surface area contributed by atoms with Crippen LogP contribution in [-0.2, 0) is 6.54 Å². The van der Waals surface area contributed by atoms with Crippen LogP contribution in [-0.4, -0.2) is 38.4 Å². The molecule has 5 nitrogen and oxygen atoms in total. The molecule has 0 radical (unpaired) electrons. The highest BCUT2D eigenvalue weighted by Crippen LogP contribution is 2.33. The van der Waals surface area contributed by atoms with Crippen molar-refractivity contribution < 1.29 is 4.79 Å². The van der Waals surface area contributed by atoms with Crippen LogP contribution in [0.1, 0.15) is 47.8 Å². The first-order valence-corrected chi connectivity index (χ1v) is 9.93. The Morgan fingerprint density at radius 2 is 2.04 bits per heavy atom. The van der Waals surface area contributed by atoms with E-state index < -0.39 is 0 Å². The molecule has 1 saturated heterocycles. The lowest BCUT2D eigenvalue weighted by atomic mass is 9.96. The number of hydrogen-bond acceptors (Lipinski definition) is 3. The van der Waals surface area contributed by atoms with Gasteiger partial charge in [0.2, 0.25) is 0 Å². The van der Waals surface area contributed by atoms with Crippen molar-refractivity contribution in [2.75, 3.05) is 13.1 Å². The summed E-state index contributed by atoms with van der Waals surface area (Å²) in [6.45, 7) is 2.63. The maximum Gasteiger partial charge on any atom is 0.255 e. The van der Waals surface area contributed by atoms with E-state index in [0.717, 1.165) is 55.1 Å². The fourth-order valence-electron chi connectivity index (χ4n) is 4.16. The lowest BCUT2D eigenvalue weighted by Crippen LogP contribution is -2.39. The van der Waals surface area contributed by atoms with Gasteiger partial charge in [-0.15, -0.1) is 0 Å². The van der Waals surface area contributed by atoms with Gasteiger partial charge in [0.05, 0.1) is 11.1 Å². The van der Waals surface area contributed by atoms with Crippen LogP contribution in [0.4, 0.5) is 0 Å². The molecule has 5 heteroatoms. The Morgan fingerprint density at radius 3 is 2.93 bits per heavy atom. The van der Waals surface area contributed by atoms with Gasteiger partial charge in [-0.05, 0) is 43.7 Å². The predicted molar refractivity (Wildman–Crippen MR) is 105 cm³/mol. The summed E-state index contributed by atoms with van der Waals surface area (Å²) in [5, 5.41) is 1.01. The molecular weight excluding hydrogens is 336 g/mol. The molecule has 5 rings (SSSR count). The molecular formula is C22H24N4O. The van der Waals surface area contributed by atoms with Gasteiger partial charge >= 0.3 is 0 Å². The average molecular weight is 360 g/mol. The van der Waals surface area contributed by atoms with Crippen LogP contribution in [0, 0.1) is 5.92 Å². The third kappa shape index (κ3) is 3.34. The van der Waals surface area contributed by atoms with Crippen molar-refractivity contribution in [3.63, 3.8) is 0 Å². The number of imidazole rings is 1. The van der Waals surface area contributed by atoms with Gasteiger partial charge in [0.15, 0.2) is 0 Å². The maximum atomic E-state index is 13.1. The lowest BCUT2D eigenvalue weighted by molar-refractivity contribution is 0.0703. The second-order valence-corrected chi connectivity index (χ2v) is 7.89. The molecule has 1 aromatic carbocycles. The minimum atomic E-state index is 0.0817. The molecule has 2 fully saturated rings. The number of aromatic nitrogens is 3. The molecule has 1 aliphatic carbocycles. The number of pyridine rings is 1. The predicted octanol–water partition coefficient (Wildman–Crippen LogP) is 3.86. The van der Waals surface area contributed by atoms with E-state index in [0.29, 0.717) is 11.5 Å². The van der Waals surface area contributed by atoms with Crippen LogP contribution in [0.5, 0.6) is 0 Å². The van der Waals surface area contributed by atoms with Crippen molar-refractivity contribution in [2.45, 2.75) is 38.1 Å². The summed E-state index contributed by atoms with van der Waals surface area (Å²) in [5.41, 5.74) is 1.60. The van der Waals surface area contributed by atoms with Crippen molar-refractivity contribution in [1.29, 1.82) is 0 Å². The highest BCUT2D eigenvalue weighted by atomic mass is 16.2. The summed E-state index contributed by atoms with van der Waals surface area (Å²) in [5.74, 6) is 2.38. The van der Waals surface area contributed by atoms with Crippen molar-refractivity contribution in [2.24, 2.45) is 5.92 Å². The molecule has 138 valence electrons. The topological polar surface area (TPSA) is 51.0 Å². The zero-order valence-electron chi connectivity index (χ0n) is 15.4. The Balaban J connectivity index is 1.35. The second-order valence-electron chi connectivity index (χ2n) is 7.89. The number of hydrogen-bond donors (Lipinski definition) is 0. The molecule has 3 aromatic rings. The van der Waals surface area contributed by atoms with E-state index in [1.54, 1.807) is 6.20 Å². The van der Waals surface area contributed by atoms with Gasteiger partial charge in [-0.2, -0.15) is 0 Å². The number of amides is 1. The molecule has 1 atom stereocenters. The van der Waals surface area contributed by atoms with Crippen LogP contribution in [0.15, 0.2) is 48.9 Å². The Bertz CT molecular complexity index is 975. The number of likely N-dealkylation sites (tertiary alicyclic amines) is 1. The minimum absolute atomic E-state index is 0.0817. The normalized spacial score (nSPS) is 20.1. The van der Waals surface area contributed by atoms with E-state index in [1.807, 2.05) is 41.4 Å². The molecule has 0 N–H and O–H groups in total. The van der Waals surface area contributed by atoms with E-state index in [-0.39, 0.29) is 5.91 Å². The largest absolute Gasteiger partial charge is 0.338 e. The van der Waals surface area contributed by atoms with Gasteiger partial charge in [-0.25, -0.2) is 4.98 Å². The molecule has 27 heavy (non-hydrogen) atoms. The van der Waals surface area contributed by atoms with Crippen LogP contribution in [0.2, 0.25) is 0 Å². The van der Waals surface area contributed by atoms with E-state index in [4.69, 9.17) is 0 Å². The average Bonchev–Trinajstić information content (AvgIpc) is 3.42. The first-order valence-electron chi connectivity index (χ1n) is 9.93. The fraction of sp³-hybridized carbons (Fsp3) is 0.409. The zero-order valence-corrected chi connectivity index (χ0v) is 15.4. The van der Waals surface area contributed by atoms with Gasteiger partial charge in [0, 0.05) is 49.5 Å². The number of para-hydroxylation sites is 1. The molecule has 0 unspecified atom stereocenters. The monoisotopic (exact) mass is 360 g/mol. The molecule has 1 amide bonds. The SMILES string of the molecule is O=C(c1cnc2ccccc2c1)N1CCC[C@H](c2nccn2CC2CC2)C1. The lowest BCUT2D eigenvalue weighted by Gasteiger charge is -2.32. The smallest absolute Gasteiger partial charge is 0.255 e. The molecule has 2 aliphatic rings. The van der Waals surface area contributed by atoms with Crippen LogP contribution in [0.3, 0.4) is 0 Å². The van der Waals surface area contributed by atoms with E-state index >= 15 is 0 Å². The quantitative estimate of drug-likeness (QED) is 0.710. The summed E-state index contributed by atoms with van der Waals surface area (Å²) >= 11 is 0. The van der Waals surface area contributed by atoms with Crippen molar-refractivity contribution in [3.8, 4) is 0 Å².